The molecule has 3 aromatic rings. The van der Waals surface area contributed by atoms with Crippen LogP contribution in [0.1, 0.15) is 76.6 Å². The van der Waals surface area contributed by atoms with Crippen molar-refractivity contribution in [3.8, 4) is 0 Å². The molecule has 3 rings (SSSR count). The van der Waals surface area contributed by atoms with Crippen molar-refractivity contribution in [3.05, 3.63) is 90.0 Å². The van der Waals surface area contributed by atoms with Crippen LogP contribution < -0.4 is 20.3 Å². The number of nitrogens with one attached hydrogen (secondary N) is 1. The largest absolute Gasteiger partial charge is 0.372 e. The maximum Gasteiger partial charge on any atom is 0.241 e. The van der Waals surface area contributed by atoms with Crippen LogP contribution in [0.25, 0.3) is 0 Å². The van der Waals surface area contributed by atoms with Gasteiger partial charge in [-0.05, 0) is 73.2 Å². The number of sulfonamides is 1. The first-order chi connectivity index (χ1) is 18.8. The van der Waals surface area contributed by atoms with Crippen LogP contribution in [-0.2, 0) is 10.0 Å². The van der Waals surface area contributed by atoms with E-state index in [2.05, 4.69) is 66.5 Å². The van der Waals surface area contributed by atoms with Gasteiger partial charge < -0.3 is 15.5 Å². The third-order valence-corrected chi connectivity index (χ3v) is 8.39. The van der Waals surface area contributed by atoms with Gasteiger partial charge in [-0.3, -0.25) is 0 Å². The van der Waals surface area contributed by atoms with E-state index in [1.165, 1.54) is 0 Å². The third-order valence-electron chi connectivity index (χ3n) is 6.93. The summed E-state index contributed by atoms with van der Waals surface area (Å²) in [5.41, 5.74) is 10.9. The molecule has 0 fully saturated rings. The summed E-state index contributed by atoms with van der Waals surface area (Å²) in [5, 5.41) is 0. The highest BCUT2D eigenvalue weighted by Gasteiger charge is 2.28. The Morgan fingerprint density at radius 2 is 1.05 bits per heavy atom. The molecule has 0 unspecified atom stereocenters. The number of nitrogens with zero attached hydrogens (tertiary/aromatic N) is 2. The van der Waals surface area contributed by atoms with Crippen LogP contribution in [0.2, 0.25) is 0 Å². The summed E-state index contributed by atoms with van der Waals surface area (Å²) in [4.78, 5) is 4.97. The van der Waals surface area contributed by atoms with Crippen molar-refractivity contribution in [1.29, 1.82) is 0 Å². The molecular weight excluding hydrogens is 504 g/mol. The molecule has 0 amide bonds. The van der Waals surface area contributed by atoms with Gasteiger partial charge in [0, 0.05) is 37.6 Å². The highest BCUT2D eigenvalue weighted by atomic mass is 32.2. The smallest absolute Gasteiger partial charge is 0.241 e. The summed E-state index contributed by atoms with van der Waals surface area (Å²) in [6, 6.07) is 23.7. The van der Waals surface area contributed by atoms with Gasteiger partial charge in [0.25, 0.3) is 0 Å². The summed E-state index contributed by atoms with van der Waals surface area (Å²) in [6.45, 7) is 12.7. The molecule has 0 bridgehead atoms. The number of hydrogen-bond donors (Lipinski definition) is 2. The Morgan fingerprint density at radius 3 is 1.46 bits per heavy atom. The molecule has 0 saturated carbocycles. The highest BCUT2D eigenvalue weighted by molar-refractivity contribution is 7.89. The van der Waals surface area contributed by atoms with Gasteiger partial charge in [-0.25, -0.2) is 13.1 Å². The van der Waals surface area contributed by atoms with Crippen LogP contribution in [0.5, 0.6) is 0 Å². The zero-order valence-electron chi connectivity index (χ0n) is 24.0. The van der Waals surface area contributed by atoms with Gasteiger partial charge in [0.05, 0.1) is 17.0 Å². The van der Waals surface area contributed by atoms with Gasteiger partial charge in [0.1, 0.15) is 0 Å². The van der Waals surface area contributed by atoms with Crippen LogP contribution in [0.3, 0.4) is 0 Å². The zero-order chi connectivity index (χ0) is 28.3. The van der Waals surface area contributed by atoms with Gasteiger partial charge in [-0.15, -0.1) is 0 Å². The molecule has 2 atom stereocenters. The summed E-state index contributed by atoms with van der Waals surface area (Å²) >= 11 is 0. The fourth-order valence-electron chi connectivity index (χ4n) is 5.00. The fourth-order valence-corrected chi connectivity index (χ4v) is 6.26. The fraction of sp³-hybridized carbons (Fsp3) is 0.438. The Labute approximate surface area is 236 Å². The second-order valence-corrected chi connectivity index (χ2v) is 11.8. The second-order valence-electron chi connectivity index (χ2n) is 10.1. The first kappa shape index (κ1) is 30.7. The molecule has 39 heavy (non-hydrogen) atoms. The molecule has 0 spiro atoms. The molecule has 0 aliphatic heterocycles. The Morgan fingerprint density at radius 1 is 0.641 bits per heavy atom. The summed E-state index contributed by atoms with van der Waals surface area (Å²) < 4.78 is 29.7. The lowest BCUT2D eigenvalue weighted by Crippen LogP contribution is -2.36. The van der Waals surface area contributed by atoms with Crippen molar-refractivity contribution >= 4 is 21.4 Å². The number of rotatable bonds is 16. The average Bonchev–Trinajstić information content (AvgIpc) is 2.96. The number of hydrogen-bond acceptors (Lipinski definition) is 5. The van der Waals surface area contributed by atoms with Gasteiger partial charge >= 0.3 is 0 Å². The first-order valence-corrected chi connectivity index (χ1v) is 15.9. The van der Waals surface area contributed by atoms with Gasteiger partial charge in [0.15, 0.2) is 0 Å². The Balaban J connectivity index is 1.95. The number of nitrogens with two attached hydrogens (primary N) is 1. The molecule has 0 aliphatic carbocycles. The molecule has 0 heterocycles. The predicted molar refractivity (Wildman–Crippen MR) is 165 cm³/mol. The highest BCUT2D eigenvalue weighted by Crippen LogP contribution is 2.31. The Bertz CT molecular complexity index is 1200. The van der Waals surface area contributed by atoms with E-state index in [-0.39, 0.29) is 4.90 Å². The van der Waals surface area contributed by atoms with E-state index < -0.39 is 22.1 Å². The normalized spacial score (nSPS) is 13.2. The average molecular weight is 551 g/mol. The van der Waals surface area contributed by atoms with E-state index in [4.69, 9.17) is 5.73 Å². The molecule has 212 valence electrons. The lowest BCUT2D eigenvalue weighted by molar-refractivity contribution is 0.504. The minimum Gasteiger partial charge on any atom is -0.372 e. The standard InChI is InChI=1S/C32H46N4O2S/c1-5-22-35(23-6-2)28-18-14-26(15-19-28)31(33)32(34-39(37,38)30-12-10-9-11-13-30)27-16-20-29(21-17-27)36(24-7-3)25-8-4/h9-21,31-32,34H,5-8,22-25,33H2,1-4H3/t31-,32-/m1/s1. The monoisotopic (exact) mass is 550 g/mol. The van der Waals surface area contributed by atoms with E-state index in [0.717, 1.165) is 74.4 Å². The van der Waals surface area contributed by atoms with Crippen LogP contribution in [0.15, 0.2) is 83.8 Å². The van der Waals surface area contributed by atoms with Gasteiger partial charge in [-0.2, -0.15) is 0 Å². The minimum absolute atomic E-state index is 0.223. The van der Waals surface area contributed by atoms with Crippen LogP contribution in [0, 0.1) is 0 Å². The SMILES string of the molecule is CCCN(CCC)c1ccc([C@@H](N)[C@H](NS(=O)(=O)c2ccccc2)c2ccc(N(CCC)CCC)cc2)cc1. The van der Waals surface area contributed by atoms with E-state index in [1.54, 1.807) is 30.3 Å². The quantitative estimate of drug-likeness (QED) is 0.209. The van der Waals surface area contributed by atoms with Crippen molar-refractivity contribution < 1.29 is 8.42 Å². The molecule has 0 saturated heterocycles. The van der Waals surface area contributed by atoms with E-state index in [9.17, 15) is 8.42 Å². The molecule has 0 radical (unpaired) electrons. The van der Waals surface area contributed by atoms with Gasteiger partial charge in [0.2, 0.25) is 10.0 Å². The lowest BCUT2D eigenvalue weighted by atomic mass is 9.94. The molecule has 0 aliphatic rings. The van der Waals surface area contributed by atoms with Crippen LogP contribution in [-0.4, -0.2) is 34.6 Å². The molecule has 3 aromatic carbocycles. The minimum atomic E-state index is -3.79. The maximum absolute atomic E-state index is 13.4. The third kappa shape index (κ3) is 8.31. The molecule has 0 aromatic heterocycles. The van der Waals surface area contributed by atoms with E-state index >= 15 is 0 Å². The second kappa shape index (κ2) is 15.1. The zero-order valence-corrected chi connectivity index (χ0v) is 24.8. The van der Waals surface area contributed by atoms with Crippen LogP contribution in [0.4, 0.5) is 11.4 Å². The first-order valence-electron chi connectivity index (χ1n) is 14.4. The maximum atomic E-state index is 13.4. The van der Waals surface area contributed by atoms with Crippen molar-refractivity contribution in [2.24, 2.45) is 5.73 Å². The summed E-state index contributed by atoms with van der Waals surface area (Å²) in [5.74, 6) is 0. The van der Waals surface area contributed by atoms with Crippen molar-refractivity contribution in [1.82, 2.24) is 4.72 Å². The number of anilines is 2. The molecule has 6 nitrogen and oxygen atoms in total. The molecular formula is C32H46N4O2S. The number of benzene rings is 3. The summed E-state index contributed by atoms with van der Waals surface area (Å²) in [7, 11) is -3.79. The molecule has 3 N–H and O–H groups in total. The Kier molecular flexibility index (Phi) is 11.8. The van der Waals surface area contributed by atoms with Crippen LogP contribution >= 0.6 is 0 Å². The van der Waals surface area contributed by atoms with E-state index in [0.29, 0.717) is 0 Å². The molecule has 7 heteroatoms. The van der Waals surface area contributed by atoms with Crippen molar-refractivity contribution in [3.63, 3.8) is 0 Å². The summed E-state index contributed by atoms with van der Waals surface area (Å²) in [6.07, 6.45) is 4.29. The predicted octanol–water partition coefficient (Wildman–Crippen LogP) is 6.66. The van der Waals surface area contributed by atoms with Gasteiger partial charge in [-0.1, -0.05) is 70.2 Å². The van der Waals surface area contributed by atoms with E-state index in [1.807, 2.05) is 24.3 Å². The lowest BCUT2D eigenvalue weighted by Gasteiger charge is -2.28. The van der Waals surface area contributed by atoms with Crippen molar-refractivity contribution in [2.45, 2.75) is 70.4 Å². The van der Waals surface area contributed by atoms with Crippen molar-refractivity contribution in [2.75, 3.05) is 36.0 Å². The topological polar surface area (TPSA) is 78.7 Å². The Hall–Kier alpha value is -2.87.